The van der Waals surface area contributed by atoms with Crippen LogP contribution in [0.15, 0.2) is 12.7 Å². The first-order valence-corrected chi connectivity index (χ1v) is 5.68. The third-order valence-electron chi connectivity index (χ3n) is 0. The van der Waals surface area contributed by atoms with Gasteiger partial charge < -0.3 is 34.8 Å². The van der Waals surface area contributed by atoms with Crippen LogP contribution in [0.2, 0.25) is 0 Å². The Morgan fingerprint density at radius 2 is 0.929 bits per heavy atom. The van der Waals surface area contributed by atoms with Crippen LogP contribution < -0.4 is 0 Å². The Labute approximate surface area is 80.1 Å². The summed E-state index contributed by atoms with van der Waals surface area (Å²) in [5, 5.41) is 0. The first-order valence-electron chi connectivity index (χ1n) is 2.55. The standard InChI is InChI=1S/C3H6.2H3O4P.H2O/c1-3-2;2*1-5(2,3)4;/h3H,1H2,2H3;2*(H3,1,2,3,4);1H2. The molecule has 0 saturated carbocycles. The van der Waals surface area contributed by atoms with E-state index in [-0.39, 0.29) is 5.48 Å². The fraction of sp³-hybridized carbons (Fsp3) is 0.333. The first kappa shape index (κ1) is 23.6. The summed E-state index contributed by atoms with van der Waals surface area (Å²) in [6.07, 6.45) is 1.75. The quantitative estimate of drug-likeness (QED) is 0.223. The number of allylic oxidation sites excluding steroid dienone is 1. The van der Waals surface area contributed by atoms with Crippen molar-refractivity contribution in [3.05, 3.63) is 12.7 Å². The molecule has 8 N–H and O–H groups in total. The van der Waals surface area contributed by atoms with Crippen LogP contribution in [-0.4, -0.2) is 34.8 Å². The molecule has 11 heteroatoms. The summed E-state index contributed by atoms with van der Waals surface area (Å²) < 4.78 is 17.8. The molecule has 0 spiro atoms. The fourth-order valence-corrected chi connectivity index (χ4v) is 0. The Balaban J connectivity index is -0.0000000535. The van der Waals surface area contributed by atoms with Gasteiger partial charge in [0.2, 0.25) is 0 Å². The average molecular weight is 256 g/mol. The SMILES string of the molecule is C=CC.O.O=P(O)(O)O.O=P(O)(O)O. The van der Waals surface area contributed by atoms with E-state index in [1.165, 1.54) is 0 Å². The monoisotopic (exact) mass is 256 g/mol. The van der Waals surface area contributed by atoms with Crippen molar-refractivity contribution in [3.63, 3.8) is 0 Å². The second-order valence-electron chi connectivity index (χ2n) is 1.43. The molecule has 14 heavy (non-hydrogen) atoms. The smallest absolute Gasteiger partial charge is 0.412 e. The Hall–Kier alpha value is -0.0800. The topological polar surface area (TPSA) is 187 Å². The summed E-state index contributed by atoms with van der Waals surface area (Å²) in [5.74, 6) is 0. The molecule has 0 bridgehead atoms. The van der Waals surface area contributed by atoms with Crippen molar-refractivity contribution in [1.29, 1.82) is 0 Å². The first-order chi connectivity index (χ1) is 5.41. The van der Waals surface area contributed by atoms with Crippen molar-refractivity contribution in [1.82, 2.24) is 0 Å². The largest absolute Gasteiger partial charge is 0.466 e. The molecule has 0 amide bonds. The zero-order valence-corrected chi connectivity index (χ0v) is 8.97. The maximum Gasteiger partial charge on any atom is 0.466 e. The summed E-state index contributed by atoms with van der Waals surface area (Å²) >= 11 is 0. The maximum atomic E-state index is 8.88. The Morgan fingerprint density at radius 1 is 0.929 bits per heavy atom. The van der Waals surface area contributed by atoms with Crippen LogP contribution in [0.25, 0.3) is 0 Å². The molecular weight excluding hydrogens is 242 g/mol. The molecule has 0 atom stereocenters. The number of hydrogen-bond donors (Lipinski definition) is 6. The van der Waals surface area contributed by atoms with Crippen molar-refractivity contribution < 1.29 is 44.0 Å². The zero-order chi connectivity index (χ0) is 11.7. The number of phosphoric acid groups is 2. The average Bonchev–Trinajstić information content (AvgIpc) is 1.52. The lowest BCUT2D eigenvalue weighted by molar-refractivity contribution is 0.272. The minimum absolute atomic E-state index is 0. The molecule has 0 unspecified atom stereocenters. The molecule has 0 aliphatic heterocycles. The van der Waals surface area contributed by atoms with Gasteiger partial charge >= 0.3 is 15.6 Å². The molecule has 0 aliphatic rings. The van der Waals surface area contributed by atoms with Crippen molar-refractivity contribution >= 4 is 15.6 Å². The van der Waals surface area contributed by atoms with E-state index in [1.807, 2.05) is 6.92 Å². The van der Waals surface area contributed by atoms with Gasteiger partial charge in [-0.25, -0.2) is 9.13 Å². The molecule has 0 aromatic carbocycles. The van der Waals surface area contributed by atoms with Crippen molar-refractivity contribution in [3.8, 4) is 0 Å². The van der Waals surface area contributed by atoms with Crippen LogP contribution in [0.5, 0.6) is 0 Å². The summed E-state index contributed by atoms with van der Waals surface area (Å²) in [5.41, 5.74) is 0. The molecule has 90 valence electrons. The third kappa shape index (κ3) is 222000. The van der Waals surface area contributed by atoms with E-state index >= 15 is 0 Å². The highest BCUT2D eigenvalue weighted by atomic mass is 31.2. The van der Waals surface area contributed by atoms with Gasteiger partial charge in [-0.1, -0.05) is 6.08 Å². The van der Waals surface area contributed by atoms with E-state index in [4.69, 9.17) is 38.5 Å². The predicted molar refractivity (Wildman–Crippen MR) is 48.0 cm³/mol. The highest BCUT2D eigenvalue weighted by molar-refractivity contribution is 7.45. The third-order valence-corrected chi connectivity index (χ3v) is 0. The number of hydrogen-bond acceptors (Lipinski definition) is 2. The van der Waals surface area contributed by atoms with Crippen LogP contribution in [-0.2, 0) is 9.13 Å². The van der Waals surface area contributed by atoms with Gasteiger partial charge in [0, 0.05) is 0 Å². The zero-order valence-electron chi connectivity index (χ0n) is 7.18. The highest BCUT2D eigenvalue weighted by Gasteiger charge is 2.00. The van der Waals surface area contributed by atoms with Crippen LogP contribution >= 0.6 is 15.6 Å². The van der Waals surface area contributed by atoms with Gasteiger partial charge in [-0.15, -0.1) is 6.58 Å². The van der Waals surface area contributed by atoms with Crippen molar-refractivity contribution in [2.75, 3.05) is 0 Å². The lowest BCUT2D eigenvalue weighted by atomic mass is 10.8. The molecule has 0 aromatic heterocycles. The number of rotatable bonds is 0. The summed E-state index contributed by atoms with van der Waals surface area (Å²) in [4.78, 5) is 43.1. The lowest BCUT2D eigenvalue weighted by Crippen LogP contribution is -1.66. The molecule has 0 rings (SSSR count). The second-order valence-corrected chi connectivity index (χ2v) is 3.49. The molecule has 0 heterocycles. The molecule has 0 saturated heterocycles. The van der Waals surface area contributed by atoms with Crippen LogP contribution in [0, 0.1) is 0 Å². The van der Waals surface area contributed by atoms with E-state index in [9.17, 15) is 0 Å². The Morgan fingerprint density at radius 3 is 0.929 bits per heavy atom. The lowest BCUT2D eigenvalue weighted by Gasteiger charge is -1.82. The van der Waals surface area contributed by atoms with E-state index in [0.29, 0.717) is 0 Å². The van der Waals surface area contributed by atoms with Gasteiger partial charge in [0.15, 0.2) is 0 Å². The second kappa shape index (κ2) is 11.0. The minimum Gasteiger partial charge on any atom is -0.412 e. The fourth-order valence-electron chi connectivity index (χ4n) is 0. The van der Waals surface area contributed by atoms with E-state index < -0.39 is 15.6 Å². The molecular formula is C3H14O9P2. The Bertz CT molecular complexity index is 164. The van der Waals surface area contributed by atoms with E-state index in [0.717, 1.165) is 0 Å². The van der Waals surface area contributed by atoms with Crippen molar-refractivity contribution in [2.45, 2.75) is 6.92 Å². The van der Waals surface area contributed by atoms with Crippen LogP contribution in [0.4, 0.5) is 0 Å². The van der Waals surface area contributed by atoms with Gasteiger partial charge in [0.05, 0.1) is 0 Å². The molecule has 9 nitrogen and oxygen atoms in total. The van der Waals surface area contributed by atoms with Gasteiger partial charge in [-0.2, -0.15) is 0 Å². The molecule has 0 aliphatic carbocycles. The summed E-state index contributed by atoms with van der Waals surface area (Å²) in [7, 11) is -9.28. The van der Waals surface area contributed by atoms with E-state index in [2.05, 4.69) is 6.58 Å². The van der Waals surface area contributed by atoms with Crippen LogP contribution in [0.1, 0.15) is 6.92 Å². The molecule has 0 radical (unpaired) electrons. The molecule has 0 aromatic rings. The minimum atomic E-state index is -4.64. The summed E-state index contributed by atoms with van der Waals surface area (Å²) in [6, 6.07) is 0. The maximum absolute atomic E-state index is 8.88. The van der Waals surface area contributed by atoms with Crippen LogP contribution in [0.3, 0.4) is 0 Å². The van der Waals surface area contributed by atoms with E-state index in [1.54, 1.807) is 6.08 Å². The Kier molecular flexibility index (Phi) is 18.5. The van der Waals surface area contributed by atoms with Gasteiger partial charge in [-0.3, -0.25) is 0 Å². The van der Waals surface area contributed by atoms with Crippen molar-refractivity contribution in [2.24, 2.45) is 0 Å². The highest BCUT2D eigenvalue weighted by Crippen LogP contribution is 2.26. The van der Waals surface area contributed by atoms with Gasteiger partial charge in [-0.05, 0) is 6.92 Å². The van der Waals surface area contributed by atoms with Gasteiger partial charge in [0.1, 0.15) is 0 Å². The summed E-state index contributed by atoms with van der Waals surface area (Å²) in [6.45, 7) is 5.25. The van der Waals surface area contributed by atoms with Gasteiger partial charge in [0.25, 0.3) is 0 Å². The molecule has 0 fully saturated rings. The normalized spacial score (nSPS) is 9.36. The predicted octanol–water partition coefficient (Wildman–Crippen LogP) is -1.49.